The molecule has 4 heteroatoms. The smallest absolute Gasteiger partial charge is 0.183 e. The lowest BCUT2D eigenvalue weighted by atomic mass is 9.74. The second kappa shape index (κ2) is 9.48. The Labute approximate surface area is 156 Å². The minimum Gasteiger partial charge on any atom is -0.348 e. The fourth-order valence-corrected chi connectivity index (χ4v) is 4.38. The molecule has 142 valence electrons. The predicted octanol–water partition coefficient (Wildman–Crippen LogP) is 5.75. The van der Waals surface area contributed by atoms with Crippen LogP contribution in [-0.4, -0.2) is 13.2 Å². The van der Waals surface area contributed by atoms with Crippen molar-refractivity contribution in [2.75, 3.05) is 13.2 Å². The molecule has 0 amide bonds. The summed E-state index contributed by atoms with van der Waals surface area (Å²) in [7, 11) is 0. The number of unbranched alkanes of at least 4 members (excludes halogenated alkanes) is 2. The quantitative estimate of drug-likeness (QED) is 0.608. The number of nitriles is 1. The first-order valence-corrected chi connectivity index (χ1v) is 10.1. The molecule has 1 heterocycles. The van der Waals surface area contributed by atoms with Gasteiger partial charge in [0.1, 0.15) is 11.9 Å². The van der Waals surface area contributed by atoms with E-state index < -0.39 is 12.1 Å². The molecule has 3 nitrogen and oxygen atoms in total. The predicted molar refractivity (Wildman–Crippen MR) is 98.8 cm³/mol. The zero-order chi connectivity index (χ0) is 18.4. The van der Waals surface area contributed by atoms with Gasteiger partial charge in [-0.05, 0) is 36.8 Å². The van der Waals surface area contributed by atoms with Crippen LogP contribution in [0, 0.1) is 34.9 Å². The van der Waals surface area contributed by atoms with Crippen molar-refractivity contribution in [2.24, 2.45) is 17.8 Å². The van der Waals surface area contributed by atoms with E-state index in [2.05, 4.69) is 6.92 Å². The monoisotopic (exact) mass is 359 g/mol. The van der Waals surface area contributed by atoms with Crippen LogP contribution in [0.25, 0.3) is 0 Å². The van der Waals surface area contributed by atoms with E-state index in [1.807, 2.05) is 6.07 Å². The van der Waals surface area contributed by atoms with Crippen LogP contribution >= 0.6 is 0 Å². The summed E-state index contributed by atoms with van der Waals surface area (Å²) in [6, 6.07) is 6.40. The number of hydrogen-bond donors (Lipinski definition) is 0. The van der Waals surface area contributed by atoms with Crippen LogP contribution in [0.4, 0.5) is 4.39 Å². The van der Waals surface area contributed by atoms with Gasteiger partial charge in [-0.15, -0.1) is 0 Å². The molecule has 26 heavy (non-hydrogen) atoms. The van der Waals surface area contributed by atoms with Gasteiger partial charge < -0.3 is 9.47 Å². The molecule has 2 aliphatic rings. The van der Waals surface area contributed by atoms with Crippen molar-refractivity contribution >= 4 is 0 Å². The summed E-state index contributed by atoms with van der Waals surface area (Å²) in [6.07, 6.45) is 10.2. The first kappa shape index (κ1) is 19.3. The van der Waals surface area contributed by atoms with Crippen molar-refractivity contribution in [3.05, 3.63) is 35.1 Å². The van der Waals surface area contributed by atoms with Gasteiger partial charge >= 0.3 is 0 Å². The molecular weight excluding hydrogens is 329 g/mol. The lowest BCUT2D eigenvalue weighted by molar-refractivity contribution is -0.214. The van der Waals surface area contributed by atoms with Crippen LogP contribution in [0.1, 0.15) is 75.7 Å². The first-order valence-electron chi connectivity index (χ1n) is 10.1. The molecular formula is C22H30FNO2. The zero-order valence-electron chi connectivity index (χ0n) is 15.8. The highest BCUT2D eigenvalue weighted by Gasteiger charge is 2.32. The summed E-state index contributed by atoms with van der Waals surface area (Å²) >= 11 is 0. The molecule has 0 unspecified atom stereocenters. The summed E-state index contributed by atoms with van der Waals surface area (Å²) in [5.41, 5.74) is 0.706. The van der Waals surface area contributed by atoms with Crippen LogP contribution in [0.15, 0.2) is 18.2 Å². The summed E-state index contributed by atoms with van der Waals surface area (Å²) in [6.45, 7) is 3.62. The van der Waals surface area contributed by atoms with Gasteiger partial charge in [0.15, 0.2) is 6.29 Å². The van der Waals surface area contributed by atoms with E-state index in [1.165, 1.54) is 63.5 Å². The van der Waals surface area contributed by atoms with Gasteiger partial charge in [0, 0.05) is 11.5 Å². The summed E-state index contributed by atoms with van der Waals surface area (Å²) in [5.74, 6) is 1.54. The molecule has 1 aromatic rings. The number of nitrogens with zero attached hydrogens (tertiary/aromatic N) is 1. The average Bonchev–Trinajstić information content (AvgIpc) is 2.69. The van der Waals surface area contributed by atoms with Crippen LogP contribution in [0.5, 0.6) is 0 Å². The Kier molecular flexibility index (Phi) is 7.05. The minimum atomic E-state index is -0.515. The Morgan fingerprint density at radius 3 is 2.42 bits per heavy atom. The van der Waals surface area contributed by atoms with Gasteiger partial charge in [-0.3, -0.25) is 0 Å². The van der Waals surface area contributed by atoms with Crippen LogP contribution in [0.2, 0.25) is 0 Å². The topological polar surface area (TPSA) is 42.2 Å². The Bertz CT molecular complexity index is 611. The highest BCUT2D eigenvalue weighted by molar-refractivity contribution is 5.33. The molecule has 1 aliphatic carbocycles. The average molecular weight is 359 g/mol. The molecule has 1 aromatic carbocycles. The lowest BCUT2D eigenvalue weighted by Gasteiger charge is -2.38. The van der Waals surface area contributed by atoms with Crippen molar-refractivity contribution in [3.8, 4) is 6.07 Å². The summed E-state index contributed by atoms with van der Waals surface area (Å²) in [4.78, 5) is 0. The number of ether oxygens (including phenoxy) is 2. The third-order valence-electron chi connectivity index (χ3n) is 6.08. The van der Waals surface area contributed by atoms with Crippen molar-refractivity contribution < 1.29 is 13.9 Å². The standard InChI is InChI=1S/C22H30FNO2/c1-2-3-4-5-16-6-8-17(9-7-16)20-14-25-22(26-15-20)18-10-11-19(13-24)21(23)12-18/h10-12,16-17,20,22H,2-9,14-15H2,1H3/t16-,17-,20?,22?. The Morgan fingerprint density at radius 2 is 1.81 bits per heavy atom. The van der Waals surface area contributed by atoms with E-state index in [9.17, 15) is 4.39 Å². The molecule has 0 N–H and O–H groups in total. The van der Waals surface area contributed by atoms with Crippen LogP contribution in [-0.2, 0) is 9.47 Å². The molecule has 1 aliphatic heterocycles. The number of halogens is 1. The first-order chi connectivity index (χ1) is 12.7. The Morgan fingerprint density at radius 1 is 1.08 bits per heavy atom. The maximum absolute atomic E-state index is 13.8. The van der Waals surface area contributed by atoms with Crippen molar-refractivity contribution in [2.45, 2.75) is 64.6 Å². The Balaban J connectivity index is 1.44. The van der Waals surface area contributed by atoms with Crippen molar-refractivity contribution in [1.82, 2.24) is 0 Å². The van der Waals surface area contributed by atoms with E-state index in [4.69, 9.17) is 14.7 Å². The van der Waals surface area contributed by atoms with Gasteiger partial charge in [0.2, 0.25) is 0 Å². The second-order valence-corrected chi connectivity index (χ2v) is 7.89. The molecule has 1 saturated heterocycles. The molecule has 0 radical (unpaired) electrons. The van der Waals surface area contributed by atoms with Gasteiger partial charge in [-0.1, -0.05) is 51.5 Å². The SMILES string of the molecule is CCCCC[C@H]1CC[C@H](C2COC(c3ccc(C#N)c(F)c3)OC2)CC1. The highest BCUT2D eigenvalue weighted by atomic mass is 19.1. The van der Waals surface area contributed by atoms with E-state index >= 15 is 0 Å². The van der Waals surface area contributed by atoms with Gasteiger partial charge in [-0.2, -0.15) is 5.26 Å². The van der Waals surface area contributed by atoms with E-state index in [1.54, 1.807) is 6.07 Å². The summed E-state index contributed by atoms with van der Waals surface area (Å²) < 4.78 is 25.6. The highest BCUT2D eigenvalue weighted by Crippen LogP contribution is 2.38. The molecule has 2 fully saturated rings. The maximum Gasteiger partial charge on any atom is 0.183 e. The molecule has 3 rings (SSSR count). The van der Waals surface area contributed by atoms with E-state index in [0.717, 1.165) is 5.92 Å². The minimum absolute atomic E-state index is 0.0538. The lowest BCUT2D eigenvalue weighted by Crippen LogP contribution is -2.34. The fraction of sp³-hybridized carbons (Fsp3) is 0.682. The maximum atomic E-state index is 13.8. The number of hydrogen-bond acceptors (Lipinski definition) is 3. The Hall–Kier alpha value is -1.44. The van der Waals surface area contributed by atoms with Crippen LogP contribution < -0.4 is 0 Å². The largest absolute Gasteiger partial charge is 0.348 e. The molecule has 0 atom stereocenters. The molecule has 0 aromatic heterocycles. The van der Waals surface area contributed by atoms with Gasteiger partial charge in [0.05, 0.1) is 18.8 Å². The second-order valence-electron chi connectivity index (χ2n) is 7.89. The van der Waals surface area contributed by atoms with Crippen molar-refractivity contribution in [1.29, 1.82) is 5.26 Å². The number of benzene rings is 1. The van der Waals surface area contributed by atoms with Gasteiger partial charge in [0.25, 0.3) is 0 Å². The van der Waals surface area contributed by atoms with Crippen LogP contribution in [0.3, 0.4) is 0 Å². The molecule has 1 saturated carbocycles. The van der Waals surface area contributed by atoms with E-state index in [0.29, 0.717) is 30.6 Å². The van der Waals surface area contributed by atoms with E-state index in [-0.39, 0.29) is 5.56 Å². The zero-order valence-corrected chi connectivity index (χ0v) is 15.8. The van der Waals surface area contributed by atoms with Crippen molar-refractivity contribution in [3.63, 3.8) is 0 Å². The third-order valence-corrected chi connectivity index (χ3v) is 6.08. The molecule has 0 spiro atoms. The van der Waals surface area contributed by atoms with Gasteiger partial charge in [-0.25, -0.2) is 4.39 Å². The summed E-state index contributed by atoms with van der Waals surface area (Å²) in [5, 5.41) is 8.83. The molecule has 0 bridgehead atoms. The number of rotatable bonds is 6. The normalized spacial score (nSPS) is 29.3. The fourth-order valence-electron chi connectivity index (χ4n) is 4.38. The third kappa shape index (κ3) is 4.84.